The number of nitrogens with one attached hydrogen (secondary N) is 1. The van der Waals surface area contributed by atoms with Crippen LogP contribution in [-0.4, -0.2) is 13.0 Å². The summed E-state index contributed by atoms with van der Waals surface area (Å²) in [5.74, 6) is 0.854. The van der Waals surface area contributed by atoms with Gasteiger partial charge in [0, 0.05) is 12.1 Å². The molecule has 3 rings (SSSR count). The van der Waals surface area contributed by atoms with E-state index in [0.29, 0.717) is 22.2 Å². The van der Waals surface area contributed by atoms with Gasteiger partial charge in [-0.15, -0.1) is 0 Å². The van der Waals surface area contributed by atoms with Crippen LogP contribution in [0.5, 0.6) is 11.5 Å². The first-order valence-electron chi connectivity index (χ1n) is 8.08. The molecular formula is C21H18ClNO3. The Kier molecular flexibility index (Phi) is 5.89. The standard InChI is InChI=1S/C21H18ClNO3/c1-25-20(15-8-4-2-5-9-15)21(24)23-18-14-16(22)12-13-19(18)26-17-10-6-3-7-11-17/h2-14,20H,1H3,(H,23,24)/t20-/m1/s1. The van der Waals surface area contributed by atoms with E-state index in [1.54, 1.807) is 18.2 Å². The highest BCUT2D eigenvalue weighted by Crippen LogP contribution is 2.33. The van der Waals surface area contributed by atoms with Crippen molar-refractivity contribution < 1.29 is 14.3 Å². The molecule has 5 heteroatoms. The molecule has 0 radical (unpaired) electrons. The zero-order valence-corrected chi connectivity index (χ0v) is 14.9. The summed E-state index contributed by atoms with van der Waals surface area (Å²) in [5, 5.41) is 3.34. The third-order valence-electron chi connectivity index (χ3n) is 3.75. The quantitative estimate of drug-likeness (QED) is 0.629. The lowest BCUT2D eigenvalue weighted by Gasteiger charge is -2.18. The van der Waals surface area contributed by atoms with E-state index < -0.39 is 6.10 Å². The number of hydrogen-bond donors (Lipinski definition) is 1. The maximum Gasteiger partial charge on any atom is 0.258 e. The number of anilines is 1. The number of hydrogen-bond acceptors (Lipinski definition) is 3. The van der Waals surface area contributed by atoms with Crippen LogP contribution in [0.3, 0.4) is 0 Å². The molecule has 0 saturated carbocycles. The number of halogens is 1. The van der Waals surface area contributed by atoms with Crippen LogP contribution < -0.4 is 10.1 Å². The molecule has 0 aliphatic rings. The predicted molar refractivity (Wildman–Crippen MR) is 103 cm³/mol. The zero-order chi connectivity index (χ0) is 18.4. The molecule has 3 aromatic carbocycles. The van der Waals surface area contributed by atoms with Crippen LogP contribution in [0.15, 0.2) is 78.9 Å². The highest BCUT2D eigenvalue weighted by atomic mass is 35.5. The van der Waals surface area contributed by atoms with Gasteiger partial charge in [0.15, 0.2) is 11.9 Å². The fraction of sp³-hybridized carbons (Fsp3) is 0.0952. The van der Waals surface area contributed by atoms with E-state index in [-0.39, 0.29) is 5.91 Å². The van der Waals surface area contributed by atoms with Gasteiger partial charge in [0.05, 0.1) is 5.69 Å². The summed E-state index contributed by atoms with van der Waals surface area (Å²) in [7, 11) is 1.50. The molecule has 0 fully saturated rings. The van der Waals surface area contributed by atoms with Gasteiger partial charge in [0.2, 0.25) is 0 Å². The molecule has 0 unspecified atom stereocenters. The minimum absolute atomic E-state index is 0.307. The normalized spacial score (nSPS) is 11.6. The molecule has 1 N–H and O–H groups in total. The van der Waals surface area contributed by atoms with Crippen molar-refractivity contribution in [1.82, 2.24) is 0 Å². The van der Waals surface area contributed by atoms with Gasteiger partial charge in [0.1, 0.15) is 5.75 Å². The van der Waals surface area contributed by atoms with Crippen LogP contribution in [0.4, 0.5) is 5.69 Å². The van der Waals surface area contributed by atoms with E-state index in [2.05, 4.69) is 5.32 Å². The summed E-state index contributed by atoms with van der Waals surface area (Å²) >= 11 is 6.10. The van der Waals surface area contributed by atoms with Gasteiger partial charge >= 0.3 is 0 Å². The minimum atomic E-state index is -0.736. The van der Waals surface area contributed by atoms with Crippen molar-refractivity contribution in [2.75, 3.05) is 12.4 Å². The predicted octanol–water partition coefficient (Wildman–Crippen LogP) is 5.46. The van der Waals surface area contributed by atoms with Crippen molar-refractivity contribution in [3.05, 3.63) is 89.4 Å². The van der Waals surface area contributed by atoms with E-state index in [4.69, 9.17) is 21.1 Å². The Bertz CT molecular complexity index is 869. The molecule has 0 aliphatic carbocycles. The molecule has 1 atom stereocenters. The smallest absolute Gasteiger partial charge is 0.258 e. The van der Waals surface area contributed by atoms with Crippen LogP contribution in [0.25, 0.3) is 0 Å². The molecule has 0 bridgehead atoms. The molecule has 0 aliphatic heterocycles. The maximum atomic E-state index is 12.7. The average Bonchev–Trinajstić information content (AvgIpc) is 2.66. The van der Waals surface area contributed by atoms with E-state index in [0.717, 1.165) is 5.56 Å². The molecule has 0 heterocycles. The Morgan fingerprint density at radius 3 is 2.27 bits per heavy atom. The largest absolute Gasteiger partial charge is 0.455 e. The van der Waals surface area contributed by atoms with Crippen LogP contribution in [0.1, 0.15) is 11.7 Å². The van der Waals surface area contributed by atoms with Crippen molar-refractivity contribution >= 4 is 23.2 Å². The molecule has 1 amide bonds. The number of ether oxygens (including phenoxy) is 2. The molecule has 26 heavy (non-hydrogen) atoms. The number of para-hydroxylation sites is 1. The number of carbonyl (C=O) groups is 1. The lowest BCUT2D eigenvalue weighted by Crippen LogP contribution is -2.22. The van der Waals surface area contributed by atoms with Crippen molar-refractivity contribution in [3.8, 4) is 11.5 Å². The van der Waals surface area contributed by atoms with Crippen molar-refractivity contribution in [3.63, 3.8) is 0 Å². The second kappa shape index (κ2) is 8.52. The second-order valence-corrected chi connectivity index (χ2v) is 6.01. The fourth-order valence-corrected chi connectivity index (χ4v) is 2.70. The Hall–Kier alpha value is -2.82. The van der Waals surface area contributed by atoms with Crippen LogP contribution in [0.2, 0.25) is 5.02 Å². The highest BCUT2D eigenvalue weighted by Gasteiger charge is 2.21. The number of rotatable bonds is 6. The monoisotopic (exact) mass is 367 g/mol. The second-order valence-electron chi connectivity index (χ2n) is 5.57. The van der Waals surface area contributed by atoms with E-state index >= 15 is 0 Å². The molecule has 4 nitrogen and oxygen atoms in total. The average molecular weight is 368 g/mol. The molecular weight excluding hydrogens is 350 g/mol. The first kappa shape index (κ1) is 18.0. The van der Waals surface area contributed by atoms with Gasteiger partial charge in [-0.1, -0.05) is 60.1 Å². The third kappa shape index (κ3) is 4.42. The van der Waals surface area contributed by atoms with Gasteiger partial charge in [-0.25, -0.2) is 0 Å². The number of methoxy groups -OCH3 is 1. The van der Waals surface area contributed by atoms with E-state index in [1.165, 1.54) is 7.11 Å². The summed E-state index contributed by atoms with van der Waals surface area (Å²) in [5.41, 5.74) is 1.24. The summed E-state index contributed by atoms with van der Waals surface area (Å²) in [6.07, 6.45) is -0.736. The molecule has 132 valence electrons. The van der Waals surface area contributed by atoms with Gasteiger partial charge in [0.25, 0.3) is 5.91 Å². The molecule has 0 aromatic heterocycles. The number of amides is 1. The Balaban J connectivity index is 1.84. The van der Waals surface area contributed by atoms with Gasteiger partial charge in [-0.05, 0) is 35.9 Å². The summed E-state index contributed by atoms with van der Waals surface area (Å²) in [6.45, 7) is 0. The Morgan fingerprint density at radius 1 is 0.962 bits per heavy atom. The molecule has 0 saturated heterocycles. The lowest BCUT2D eigenvalue weighted by molar-refractivity contribution is -0.126. The fourth-order valence-electron chi connectivity index (χ4n) is 2.52. The maximum absolute atomic E-state index is 12.7. The molecule has 0 spiro atoms. The van der Waals surface area contributed by atoms with Crippen LogP contribution in [-0.2, 0) is 9.53 Å². The van der Waals surface area contributed by atoms with Crippen LogP contribution in [0, 0.1) is 0 Å². The summed E-state index contributed by atoms with van der Waals surface area (Å²) in [4.78, 5) is 12.7. The van der Waals surface area contributed by atoms with E-state index in [9.17, 15) is 4.79 Å². The van der Waals surface area contributed by atoms with Crippen molar-refractivity contribution in [1.29, 1.82) is 0 Å². The minimum Gasteiger partial charge on any atom is -0.455 e. The van der Waals surface area contributed by atoms with Crippen molar-refractivity contribution in [2.24, 2.45) is 0 Å². The summed E-state index contributed by atoms with van der Waals surface area (Å²) in [6, 6.07) is 23.7. The first-order chi connectivity index (χ1) is 12.7. The highest BCUT2D eigenvalue weighted by molar-refractivity contribution is 6.31. The number of benzene rings is 3. The SMILES string of the molecule is CO[C@@H](C(=O)Nc1cc(Cl)ccc1Oc1ccccc1)c1ccccc1. The third-order valence-corrected chi connectivity index (χ3v) is 3.98. The lowest BCUT2D eigenvalue weighted by atomic mass is 10.1. The Labute approximate surface area is 157 Å². The van der Waals surface area contributed by atoms with Gasteiger partial charge in [-0.2, -0.15) is 0 Å². The van der Waals surface area contributed by atoms with Crippen molar-refractivity contribution in [2.45, 2.75) is 6.10 Å². The van der Waals surface area contributed by atoms with Crippen LogP contribution >= 0.6 is 11.6 Å². The van der Waals surface area contributed by atoms with Gasteiger partial charge < -0.3 is 14.8 Å². The molecule has 3 aromatic rings. The number of carbonyl (C=O) groups excluding carboxylic acids is 1. The first-order valence-corrected chi connectivity index (χ1v) is 8.46. The summed E-state index contributed by atoms with van der Waals surface area (Å²) < 4.78 is 11.2. The van der Waals surface area contributed by atoms with Gasteiger partial charge in [-0.3, -0.25) is 4.79 Å². The Morgan fingerprint density at radius 2 is 1.62 bits per heavy atom. The topological polar surface area (TPSA) is 47.6 Å². The van der Waals surface area contributed by atoms with E-state index in [1.807, 2.05) is 60.7 Å². The zero-order valence-electron chi connectivity index (χ0n) is 14.2.